The first kappa shape index (κ1) is 14.4. The quantitative estimate of drug-likeness (QED) is 0.909. The number of aromatic nitrogens is 3. The van der Waals surface area contributed by atoms with Crippen LogP contribution >= 0.6 is 11.3 Å². The van der Waals surface area contributed by atoms with Crippen LogP contribution in [0.5, 0.6) is 0 Å². The number of nitrogens with zero attached hydrogens (tertiary/aromatic N) is 5. The third-order valence-electron chi connectivity index (χ3n) is 4.59. The molecule has 0 spiro atoms. The van der Waals surface area contributed by atoms with Gasteiger partial charge in [-0.3, -0.25) is 5.32 Å². The minimum atomic E-state index is -0.0425. The van der Waals surface area contributed by atoms with Gasteiger partial charge in [0, 0.05) is 61.4 Å². The summed E-state index contributed by atoms with van der Waals surface area (Å²) in [5.74, 6) is 2.03. The Morgan fingerprint density at radius 3 is 2.70 bits per heavy atom. The molecule has 2 aliphatic rings. The van der Waals surface area contributed by atoms with Crippen LogP contribution in [0.2, 0.25) is 0 Å². The lowest BCUT2D eigenvalue weighted by atomic mass is 10.0. The molecule has 2 unspecified atom stereocenters. The molecule has 2 amide bonds. The molecule has 8 heteroatoms. The van der Waals surface area contributed by atoms with Crippen LogP contribution in [0.25, 0.3) is 0 Å². The molecule has 2 aromatic rings. The number of carbonyl (C=O) groups is 1. The van der Waals surface area contributed by atoms with Crippen molar-refractivity contribution in [3.8, 4) is 0 Å². The largest absolute Gasteiger partial charge is 0.356 e. The summed E-state index contributed by atoms with van der Waals surface area (Å²) in [5, 5.41) is 5.38. The highest BCUT2D eigenvalue weighted by atomic mass is 32.1. The van der Waals surface area contributed by atoms with E-state index in [0.717, 1.165) is 37.6 Å². The second kappa shape index (κ2) is 5.77. The second-order valence-corrected chi connectivity index (χ2v) is 7.02. The van der Waals surface area contributed by atoms with Gasteiger partial charge in [-0.25, -0.2) is 19.7 Å². The van der Waals surface area contributed by atoms with Crippen molar-refractivity contribution in [3.05, 3.63) is 29.7 Å². The third-order valence-corrected chi connectivity index (χ3v) is 5.28. The van der Waals surface area contributed by atoms with Crippen molar-refractivity contribution in [3.63, 3.8) is 0 Å². The molecule has 2 fully saturated rings. The molecule has 23 heavy (non-hydrogen) atoms. The molecule has 2 atom stereocenters. The predicted octanol–water partition coefficient (Wildman–Crippen LogP) is 1.84. The van der Waals surface area contributed by atoms with Gasteiger partial charge in [0.25, 0.3) is 0 Å². The summed E-state index contributed by atoms with van der Waals surface area (Å²) >= 11 is 1.44. The molecule has 7 nitrogen and oxygen atoms in total. The first-order valence-corrected chi connectivity index (χ1v) is 8.55. The van der Waals surface area contributed by atoms with Gasteiger partial charge >= 0.3 is 6.03 Å². The smallest absolute Gasteiger partial charge is 0.323 e. The van der Waals surface area contributed by atoms with Crippen LogP contribution in [-0.2, 0) is 0 Å². The fourth-order valence-corrected chi connectivity index (χ4v) is 4.03. The van der Waals surface area contributed by atoms with Crippen LogP contribution in [0.4, 0.5) is 15.7 Å². The number of carbonyl (C=O) groups excluding carboxylic acids is 1. The number of hydrogen-bond donors (Lipinski definition) is 1. The van der Waals surface area contributed by atoms with Gasteiger partial charge in [0.2, 0.25) is 0 Å². The van der Waals surface area contributed by atoms with Gasteiger partial charge in [-0.05, 0) is 6.92 Å². The van der Waals surface area contributed by atoms with Crippen LogP contribution in [0.15, 0.2) is 24.1 Å². The molecule has 2 aromatic heterocycles. The van der Waals surface area contributed by atoms with E-state index in [9.17, 15) is 4.79 Å². The highest BCUT2D eigenvalue weighted by Gasteiger charge is 2.42. The summed E-state index contributed by atoms with van der Waals surface area (Å²) in [6.45, 7) is 5.52. The Hall–Kier alpha value is -2.22. The fourth-order valence-electron chi connectivity index (χ4n) is 3.51. The maximum Gasteiger partial charge on any atom is 0.323 e. The average Bonchev–Trinajstić information content (AvgIpc) is 3.22. The molecular weight excluding hydrogens is 312 g/mol. The number of nitrogens with one attached hydrogen (secondary N) is 1. The number of anilines is 2. The topological polar surface area (TPSA) is 74.2 Å². The maximum absolute atomic E-state index is 12.3. The van der Waals surface area contributed by atoms with Crippen LogP contribution in [0.3, 0.4) is 0 Å². The van der Waals surface area contributed by atoms with E-state index in [1.54, 1.807) is 12.5 Å². The summed E-state index contributed by atoms with van der Waals surface area (Å²) in [7, 11) is 0. The third kappa shape index (κ3) is 2.74. The van der Waals surface area contributed by atoms with E-state index in [-0.39, 0.29) is 6.03 Å². The number of thiazole rings is 1. The summed E-state index contributed by atoms with van der Waals surface area (Å²) in [6, 6.07) is -0.0425. The van der Waals surface area contributed by atoms with Gasteiger partial charge in [-0.2, -0.15) is 0 Å². The number of aryl methyl sites for hydroxylation is 1. The zero-order valence-electron chi connectivity index (χ0n) is 12.8. The van der Waals surface area contributed by atoms with Crippen LogP contribution in [0, 0.1) is 18.8 Å². The lowest BCUT2D eigenvalue weighted by Crippen LogP contribution is -2.36. The fraction of sp³-hybridized carbons (Fsp3) is 0.467. The van der Waals surface area contributed by atoms with Crippen molar-refractivity contribution in [2.75, 3.05) is 36.4 Å². The van der Waals surface area contributed by atoms with Crippen molar-refractivity contribution in [2.24, 2.45) is 11.8 Å². The molecule has 0 aromatic carbocycles. The van der Waals surface area contributed by atoms with Gasteiger partial charge < -0.3 is 9.80 Å². The second-order valence-electron chi connectivity index (χ2n) is 6.13. The lowest BCUT2D eigenvalue weighted by molar-refractivity contribution is 0.219. The Labute approximate surface area is 138 Å². The van der Waals surface area contributed by atoms with Gasteiger partial charge in [0.05, 0.1) is 0 Å². The van der Waals surface area contributed by atoms with E-state index in [1.165, 1.54) is 11.3 Å². The van der Waals surface area contributed by atoms with Crippen molar-refractivity contribution in [1.82, 2.24) is 19.9 Å². The summed E-state index contributed by atoms with van der Waals surface area (Å²) in [4.78, 5) is 29.1. The molecule has 0 bridgehead atoms. The zero-order chi connectivity index (χ0) is 15.8. The van der Waals surface area contributed by atoms with E-state index in [1.807, 2.05) is 23.4 Å². The summed E-state index contributed by atoms with van der Waals surface area (Å²) in [5.41, 5.74) is 1.10. The standard InChI is InChI=1S/C15H18N6OS/c1-10-4-16-9-18-13(10)20-5-11-7-21(8-12(11)6-20)15(22)19-14-17-2-3-23-14/h2-4,9,11-12H,5-8H2,1H3,(H,17,19,22). The summed E-state index contributed by atoms with van der Waals surface area (Å²) < 4.78 is 0. The minimum absolute atomic E-state index is 0.0425. The van der Waals surface area contributed by atoms with Gasteiger partial charge in [-0.15, -0.1) is 11.3 Å². The molecule has 0 saturated carbocycles. The molecule has 4 rings (SSSR count). The number of rotatable bonds is 2. The highest BCUT2D eigenvalue weighted by molar-refractivity contribution is 7.13. The Morgan fingerprint density at radius 2 is 2.04 bits per heavy atom. The first-order chi connectivity index (χ1) is 11.2. The average molecular weight is 330 g/mol. The van der Waals surface area contributed by atoms with Gasteiger partial charge in [0.1, 0.15) is 12.1 Å². The number of amides is 2. The van der Waals surface area contributed by atoms with Crippen LogP contribution < -0.4 is 10.2 Å². The molecule has 2 aliphatic heterocycles. The van der Waals surface area contributed by atoms with E-state index >= 15 is 0 Å². The molecule has 0 radical (unpaired) electrons. The van der Waals surface area contributed by atoms with E-state index in [0.29, 0.717) is 17.0 Å². The highest BCUT2D eigenvalue weighted by Crippen LogP contribution is 2.34. The van der Waals surface area contributed by atoms with E-state index in [2.05, 4.69) is 25.2 Å². The number of fused-ring (bicyclic) bond motifs is 1. The normalized spacial score (nSPS) is 23.2. The zero-order valence-corrected chi connectivity index (χ0v) is 13.7. The molecule has 1 N–H and O–H groups in total. The molecule has 4 heterocycles. The Balaban J connectivity index is 1.38. The minimum Gasteiger partial charge on any atom is -0.356 e. The Kier molecular flexibility index (Phi) is 3.60. The van der Waals surface area contributed by atoms with Crippen molar-refractivity contribution in [1.29, 1.82) is 0 Å². The van der Waals surface area contributed by atoms with Crippen LogP contribution in [-0.4, -0.2) is 52.1 Å². The van der Waals surface area contributed by atoms with Gasteiger partial charge in [-0.1, -0.05) is 0 Å². The van der Waals surface area contributed by atoms with E-state index in [4.69, 9.17) is 0 Å². The molecule has 120 valence electrons. The number of urea groups is 1. The molecule has 0 aliphatic carbocycles. The number of likely N-dealkylation sites (tertiary alicyclic amines) is 1. The van der Waals surface area contributed by atoms with Crippen molar-refractivity contribution < 1.29 is 4.79 Å². The maximum atomic E-state index is 12.3. The molecule has 2 saturated heterocycles. The van der Waals surface area contributed by atoms with Crippen molar-refractivity contribution in [2.45, 2.75) is 6.92 Å². The summed E-state index contributed by atoms with van der Waals surface area (Å²) in [6.07, 6.45) is 5.15. The lowest BCUT2D eigenvalue weighted by Gasteiger charge is -2.23. The Bertz CT molecular complexity index is 692. The van der Waals surface area contributed by atoms with Crippen LogP contribution in [0.1, 0.15) is 5.56 Å². The number of hydrogen-bond acceptors (Lipinski definition) is 6. The predicted molar refractivity (Wildman–Crippen MR) is 88.7 cm³/mol. The monoisotopic (exact) mass is 330 g/mol. The van der Waals surface area contributed by atoms with Gasteiger partial charge in [0.15, 0.2) is 5.13 Å². The Morgan fingerprint density at radius 1 is 1.26 bits per heavy atom. The molecular formula is C15H18N6OS. The SMILES string of the molecule is Cc1cncnc1N1CC2CN(C(=O)Nc3nccs3)CC2C1. The van der Waals surface area contributed by atoms with E-state index < -0.39 is 0 Å². The van der Waals surface area contributed by atoms with Crippen molar-refractivity contribution >= 4 is 28.3 Å². The first-order valence-electron chi connectivity index (χ1n) is 7.67.